The summed E-state index contributed by atoms with van der Waals surface area (Å²) in [5, 5.41) is 79.6. The number of aliphatic hydroxyl groups excluding tert-OH is 5. The number of esters is 1. The normalized spacial score (nSPS) is 32.6. The van der Waals surface area contributed by atoms with Gasteiger partial charge < -0.3 is 80.3 Å². The Kier molecular flexibility index (Phi) is 26.3. The zero-order valence-electron chi connectivity index (χ0n) is 46.2. The molecule has 2 aromatic carbocycles. The van der Waals surface area contributed by atoms with E-state index in [1.165, 1.54) is 17.7 Å². The highest BCUT2D eigenvalue weighted by Crippen LogP contribution is 2.41. The molecule has 0 aromatic heterocycles. The average molecular weight is 1180 g/mol. The van der Waals surface area contributed by atoms with Crippen LogP contribution in [0.25, 0.3) is 0 Å². The summed E-state index contributed by atoms with van der Waals surface area (Å²) in [7, 11) is 0. The standard InChI is InChI=1S/C58H90BrN5O15/c1-3-39-31-42(44(66)17-10-20-63-33-41-19-18-38(29-43(41)59)34-64-27-12-23-61-25-24-60-21-11-22-62-26-28-64)32-45(52(39)79-57-51(70)50(69)48(67)36(2)74-57)76-58-54(78-56(73)40-15-8-5-9-16-40)53(49(68)47(35-65)77-58)75-46(55(71)72)30-37-13-6-4-7-14-37/h5,8-9,15-16,18-19,29,36-37,39,42,45-54,57-58,60-63,65,67-70H,3-4,6-7,10-14,17,20-28,30-35H2,1-2H3,(H,71,72)/t36?,39?,42?,45?,46-,47?,48?,49?,50?,51?,52?,53?,54?,57?,58?/m0/s1. The molecular weight excluding hydrogens is 1090 g/mol. The van der Waals surface area contributed by atoms with Crippen molar-refractivity contribution in [3.63, 3.8) is 0 Å². The zero-order chi connectivity index (χ0) is 56.3. The van der Waals surface area contributed by atoms with Crippen molar-refractivity contribution in [2.45, 2.75) is 190 Å². The smallest absolute Gasteiger partial charge is 0.338 e. The van der Waals surface area contributed by atoms with Crippen molar-refractivity contribution >= 4 is 33.7 Å². The van der Waals surface area contributed by atoms with Gasteiger partial charge in [0.1, 0.15) is 42.4 Å². The number of hydrogen-bond donors (Lipinski definition) is 10. The Morgan fingerprint density at radius 2 is 1.53 bits per heavy atom. The van der Waals surface area contributed by atoms with E-state index in [1.807, 2.05) is 6.92 Å². The van der Waals surface area contributed by atoms with Gasteiger partial charge in [0.05, 0.1) is 30.5 Å². The fraction of sp³-hybridized carbons (Fsp3) is 0.741. The number of ketones is 1. The molecule has 3 aliphatic heterocycles. The van der Waals surface area contributed by atoms with Gasteiger partial charge in [-0.2, -0.15) is 0 Å². The lowest BCUT2D eigenvalue weighted by atomic mass is 9.74. The monoisotopic (exact) mass is 1180 g/mol. The summed E-state index contributed by atoms with van der Waals surface area (Å²) >= 11 is 3.82. The second-order valence-corrected chi connectivity index (χ2v) is 23.2. The number of hydrogen-bond acceptors (Lipinski definition) is 19. The van der Waals surface area contributed by atoms with E-state index in [-0.39, 0.29) is 36.5 Å². The van der Waals surface area contributed by atoms with Crippen molar-refractivity contribution < 1.29 is 73.4 Å². The molecule has 2 aliphatic carbocycles. The molecule has 5 aliphatic rings. The van der Waals surface area contributed by atoms with Gasteiger partial charge in [0.15, 0.2) is 24.8 Å². The Morgan fingerprint density at radius 1 is 0.797 bits per heavy atom. The van der Waals surface area contributed by atoms with Gasteiger partial charge in [-0.25, -0.2) is 9.59 Å². The number of benzene rings is 2. The van der Waals surface area contributed by atoms with Crippen LogP contribution in [-0.2, 0) is 51.1 Å². The lowest BCUT2D eigenvalue weighted by Crippen LogP contribution is -2.64. The summed E-state index contributed by atoms with van der Waals surface area (Å²) in [6.07, 6.45) is -9.69. The van der Waals surface area contributed by atoms with Gasteiger partial charge in [-0.3, -0.25) is 9.69 Å². The minimum absolute atomic E-state index is 0.0109. The number of ether oxygens (including phenoxy) is 6. The molecule has 7 rings (SSSR count). The largest absolute Gasteiger partial charge is 0.479 e. The number of Topliss-reactive ketones (excluding diaryl/α,β-unsaturated/α-hetero) is 1. The number of carbonyl (C=O) groups excluding carboxylic acids is 2. The summed E-state index contributed by atoms with van der Waals surface area (Å²) in [6.45, 7) is 12.6. The maximum absolute atomic E-state index is 14.4. The molecule has 14 unspecified atom stereocenters. The van der Waals surface area contributed by atoms with Crippen molar-refractivity contribution in [1.29, 1.82) is 0 Å². The van der Waals surface area contributed by atoms with Gasteiger partial charge in [-0.15, -0.1) is 0 Å². The van der Waals surface area contributed by atoms with Crippen molar-refractivity contribution in [2.24, 2.45) is 17.8 Å². The number of nitrogens with zero attached hydrogens (tertiary/aromatic N) is 1. The highest BCUT2D eigenvalue weighted by molar-refractivity contribution is 9.10. The molecule has 21 heteroatoms. The summed E-state index contributed by atoms with van der Waals surface area (Å²) in [6, 6.07) is 14.6. The third kappa shape index (κ3) is 18.7. The fourth-order valence-corrected chi connectivity index (χ4v) is 12.4. The molecule has 5 fully saturated rings. The van der Waals surface area contributed by atoms with Crippen LogP contribution < -0.4 is 21.3 Å². The number of rotatable bonds is 22. The fourth-order valence-electron chi connectivity index (χ4n) is 11.8. The molecule has 2 aromatic rings. The molecule has 2 saturated carbocycles. The lowest BCUT2D eigenvalue weighted by Gasteiger charge is -2.49. The number of halogens is 1. The van der Waals surface area contributed by atoms with E-state index in [0.717, 1.165) is 114 Å². The molecule has 0 spiro atoms. The molecule has 0 amide bonds. The SMILES string of the molecule is CCC1CC(C(=O)CCCNCc2ccc(CN3CCCNCCNCCCNCC3)cc2Br)CC(OC2OC(CO)C(O)C(O[C@@H](CC3CCCCC3)C(=O)O)C2OC(=O)c2ccccc2)C1OC1OC(C)C(O)C(O)C1O. The number of carboxylic acids is 1. The van der Waals surface area contributed by atoms with Gasteiger partial charge >= 0.3 is 11.9 Å². The van der Waals surface area contributed by atoms with E-state index in [4.69, 9.17) is 28.4 Å². The van der Waals surface area contributed by atoms with E-state index >= 15 is 0 Å². The molecule has 444 valence electrons. The Hall–Kier alpha value is -3.07. The van der Waals surface area contributed by atoms with Crippen LogP contribution in [0.15, 0.2) is 53.0 Å². The van der Waals surface area contributed by atoms with Crippen LogP contribution in [0.3, 0.4) is 0 Å². The Balaban J connectivity index is 1.05. The van der Waals surface area contributed by atoms with Gasteiger partial charge in [-0.1, -0.05) is 91.7 Å². The first-order valence-corrected chi connectivity index (χ1v) is 30.0. The number of carboxylic acid groups (broad SMARTS) is 1. The number of carbonyl (C=O) groups is 3. The molecule has 3 heterocycles. The Bertz CT molecular complexity index is 2130. The van der Waals surface area contributed by atoms with E-state index < -0.39 is 110 Å². The van der Waals surface area contributed by atoms with Crippen LogP contribution in [0.4, 0.5) is 0 Å². The third-order valence-electron chi connectivity index (χ3n) is 16.5. The molecule has 15 atom stereocenters. The highest BCUT2D eigenvalue weighted by atomic mass is 79.9. The van der Waals surface area contributed by atoms with E-state index in [2.05, 4.69) is 60.3 Å². The predicted octanol–water partition coefficient (Wildman–Crippen LogP) is 3.40. The van der Waals surface area contributed by atoms with E-state index in [1.54, 1.807) is 25.1 Å². The first-order chi connectivity index (χ1) is 38.2. The maximum Gasteiger partial charge on any atom is 0.338 e. The van der Waals surface area contributed by atoms with Crippen molar-refractivity contribution in [1.82, 2.24) is 26.2 Å². The van der Waals surface area contributed by atoms with Gasteiger partial charge in [-0.05, 0) is 119 Å². The second kappa shape index (κ2) is 32.7. The number of nitrogens with one attached hydrogen (secondary N) is 4. The summed E-state index contributed by atoms with van der Waals surface area (Å²) in [5.41, 5.74) is 2.48. The van der Waals surface area contributed by atoms with E-state index in [9.17, 15) is 45.0 Å². The van der Waals surface area contributed by atoms with Crippen LogP contribution in [0, 0.1) is 17.8 Å². The van der Waals surface area contributed by atoms with Crippen LogP contribution in [-0.4, -0.2) is 198 Å². The van der Waals surface area contributed by atoms with Crippen LogP contribution in [0.2, 0.25) is 0 Å². The van der Waals surface area contributed by atoms with Crippen LogP contribution in [0.5, 0.6) is 0 Å². The summed E-state index contributed by atoms with van der Waals surface area (Å²) in [5.74, 6) is -3.02. The minimum atomic E-state index is -1.68. The molecule has 20 nitrogen and oxygen atoms in total. The Morgan fingerprint density at radius 3 is 2.24 bits per heavy atom. The molecular formula is C58H90BrN5O15. The van der Waals surface area contributed by atoms with E-state index in [0.29, 0.717) is 32.4 Å². The summed E-state index contributed by atoms with van der Waals surface area (Å²) in [4.78, 5) is 43.8. The lowest BCUT2D eigenvalue weighted by molar-refractivity contribution is -0.349. The van der Waals surface area contributed by atoms with Gasteiger partial charge in [0.25, 0.3) is 0 Å². The molecule has 3 saturated heterocycles. The van der Waals surface area contributed by atoms with Crippen LogP contribution >= 0.6 is 15.9 Å². The molecule has 79 heavy (non-hydrogen) atoms. The minimum Gasteiger partial charge on any atom is -0.479 e. The molecule has 0 bridgehead atoms. The first-order valence-electron chi connectivity index (χ1n) is 29.2. The van der Waals surface area contributed by atoms with Gasteiger partial charge in [0, 0.05) is 56.1 Å². The predicted molar refractivity (Wildman–Crippen MR) is 297 cm³/mol. The summed E-state index contributed by atoms with van der Waals surface area (Å²) < 4.78 is 39.1. The Labute approximate surface area is 474 Å². The maximum atomic E-state index is 14.4. The van der Waals surface area contributed by atoms with Crippen molar-refractivity contribution in [3.05, 3.63) is 69.7 Å². The first kappa shape index (κ1) is 63.5. The molecule has 0 radical (unpaired) electrons. The number of aliphatic carboxylic acids is 1. The van der Waals surface area contributed by atoms with Crippen molar-refractivity contribution in [3.8, 4) is 0 Å². The second-order valence-electron chi connectivity index (χ2n) is 22.3. The average Bonchev–Trinajstić information content (AvgIpc) is 3.52. The quantitative estimate of drug-likeness (QED) is 0.0598. The molecule has 10 N–H and O–H groups in total. The highest BCUT2D eigenvalue weighted by Gasteiger charge is 2.54. The van der Waals surface area contributed by atoms with Crippen molar-refractivity contribution in [2.75, 3.05) is 65.5 Å². The zero-order valence-corrected chi connectivity index (χ0v) is 47.8. The topological polar surface area (TPSA) is 279 Å². The van der Waals surface area contributed by atoms with Crippen LogP contribution in [0.1, 0.15) is 119 Å². The third-order valence-corrected chi connectivity index (χ3v) is 17.2. The van der Waals surface area contributed by atoms with Gasteiger partial charge in [0.2, 0.25) is 0 Å². The number of aliphatic hydroxyl groups is 5.